The molecule has 2 nitrogen and oxygen atoms in total. The standard InChI is InChI=1S/C14H21NO/c1-2-3-5-10-14(16)13(11-15)12-8-6-4-7-9-12/h8,13H,2-7,9-10H2,1H3. The van der Waals surface area contributed by atoms with Gasteiger partial charge >= 0.3 is 0 Å². The average Bonchev–Trinajstić information content (AvgIpc) is 2.32. The Labute approximate surface area is 98.3 Å². The van der Waals surface area contributed by atoms with Crippen molar-refractivity contribution in [1.29, 1.82) is 5.26 Å². The number of rotatable bonds is 6. The van der Waals surface area contributed by atoms with E-state index in [9.17, 15) is 4.79 Å². The van der Waals surface area contributed by atoms with Crippen LogP contribution in [-0.4, -0.2) is 5.78 Å². The van der Waals surface area contributed by atoms with Gasteiger partial charge in [0.2, 0.25) is 0 Å². The monoisotopic (exact) mass is 219 g/mol. The summed E-state index contributed by atoms with van der Waals surface area (Å²) < 4.78 is 0. The molecule has 1 rings (SSSR count). The second-order valence-electron chi connectivity index (χ2n) is 4.51. The predicted molar refractivity (Wildman–Crippen MR) is 64.8 cm³/mol. The van der Waals surface area contributed by atoms with Crippen LogP contribution >= 0.6 is 0 Å². The highest BCUT2D eigenvalue weighted by molar-refractivity contribution is 5.86. The van der Waals surface area contributed by atoms with Gasteiger partial charge in [-0.15, -0.1) is 0 Å². The van der Waals surface area contributed by atoms with Crippen LogP contribution in [0.4, 0.5) is 0 Å². The number of unbranched alkanes of at least 4 members (excludes halogenated alkanes) is 2. The lowest BCUT2D eigenvalue weighted by atomic mass is 9.86. The van der Waals surface area contributed by atoms with E-state index in [-0.39, 0.29) is 5.78 Å². The molecule has 0 radical (unpaired) electrons. The SMILES string of the molecule is CCCCCC(=O)C(C#N)C1=CCCCC1. The van der Waals surface area contributed by atoms with Gasteiger partial charge in [-0.3, -0.25) is 4.79 Å². The molecule has 0 spiro atoms. The smallest absolute Gasteiger partial charge is 0.154 e. The fraction of sp³-hybridized carbons (Fsp3) is 0.714. The summed E-state index contributed by atoms with van der Waals surface area (Å²) >= 11 is 0. The van der Waals surface area contributed by atoms with Crippen molar-refractivity contribution >= 4 is 5.78 Å². The Morgan fingerprint density at radius 3 is 2.88 bits per heavy atom. The molecule has 2 heteroatoms. The van der Waals surface area contributed by atoms with E-state index >= 15 is 0 Å². The molecule has 0 heterocycles. The number of Topliss-reactive ketones (excluding diaryl/α,β-unsaturated/α-hetero) is 1. The van der Waals surface area contributed by atoms with E-state index in [0.29, 0.717) is 6.42 Å². The zero-order valence-electron chi connectivity index (χ0n) is 10.2. The number of hydrogen-bond acceptors (Lipinski definition) is 2. The van der Waals surface area contributed by atoms with Gasteiger partial charge in [0, 0.05) is 6.42 Å². The molecular formula is C14H21NO. The molecule has 0 saturated heterocycles. The first-order valence-corrected chi connectivity index (χ1v) is 6.40. The average molecular weight is 219 g/mol. The Morgan fingerprint density at radius 2 is 2.31 bits per heavy atom. The fourth-order valence-electron chi connectivity index (χ4n) is 2.18. The van der Waals surface area contributed by atoms with Crippen molar-refractivity contribution in [3.8, 4) is 6.07 Å². The van der Waals surface area contributed by atoms with Gasteiger partial charge in [-0.25, -0.2) is 0 Å². The van der Waals surface area contributed by atoms with Crippen LogP contribution in [0, 0.1) is 17.2 Å². The fourth-order valence-corrected chi connectivity index (χ4v) is 2.18. The Balaban J connectivity index is 2.50. The maximum absolute atomic E-state index is 11.9. The summed E-state index contributed by atoms with van der Waals surface area (Å²) in [6.45, 7) is 2.12. The molecule has 1 unspecified atom stereocenters. The van der Waals surface area contributed by atoms with Crippen molar-refractivity contribution < 1.29 is 4.79 Å². The van der Waals surface area contributed by atoms with Gasteiger partial charge in [0.1, 0.15) is 5.92 Å². The molecule has 88 valence electrons. The molecular weight excluding hydrogens is 198 g/mol. The van der Waals surface area contributed by atoms with Crippen LogP contribution in [0.5, 0.6) is 0 Å². The first-order valence-electron chi connectivity index (χ1n) is 6.40. The second kappa shape index (κ2) is 7.22. The van der Waals surface area contributed by atoms with Crippen molar-refractivity contribution in [3.05, 3.63) is 11.6 Å². The van der Waals surface area contributed by atoms with E-state index in [4.69, 9.17) is 5.26 Å². The Hall–Kier alpha value is -1.10. The lowest BCUT2D eigenvalue weighted by Gasteiger charge is -2.16. The third-order valence-electron chi connectivity index (χ3n) is 3.17. The molecule has 16 heavy (non-hydrogen) atoms. The van der Waals surface area contributed by atoms with Crippen LogP contribution in [0.3, 0.4) is 0 Å². The maximum atomic E-state index is 11.9. The number of ketones is 1. The van der Waals surface area contributed by atoms with Gasteiger partial charge in [0.15, 0.2) is 5.78 Å². The molecule has 0 bridgehead atoms. The maximum Gasteiger partial charge on any atom is 0.154 e. The number of nitriles is 1. The molecule has 0 saturated carbocycles. The summed E-state index contributed by atoms with van der Waals surface area (Å²) in [5, 5.41) is 9.09. The van der Waals surface area contributed by atoms with Gasteiger partial charge in [0.25, 0.3) is 0 Å². The van der Waals surface area contributed by atoms with Crippen LogP contribution in [0.25, 0.3) is 0 Å². The number of carbonyl (C=O) groups excluding carboxylic acids is 1. The van der Waals surface area contributed by atoms with Gasteiger partial charge in [-0.1, -0.05) is 25.8 Å². The Kier molecular flexibility index (Phi) is 5.85. The number of allylic oxidation sites excluding steroid dienone is 2. The number of carbonyl (C=O) groups is 1. The minimum Gasteiger partial charge on any atom is -0.298 e. The highest BCUT2D eigenvalue weighted by Crippen LogP contribution is 2.25. The van der Waals surface area contributed by atoms with E-state index in [1.807, 2.05) is 0 Å². The third-order valence-corrected chi connectivity index (χ3v) is 3.17. The minimum absolute atomic E-state index is 0.129. The molecule has 1 atom stereocenters. The summed E-state index contributed by atoms with van der Waals surface area (Å²) in [6, 6.07) is 2.18. The van der Waals surface area contributed by atoms with Crippen LogP contribution in [-0.2, 0) is 4.79 Å². The second-order valence-corrected chi connectivity index (χ2v) is 4.51. The molecule has 0 amide bonds. The molecule has 1 aliphatic rings. The molecule has 0 aliphatic heterocycles. The summed E-state index contributed by atoms with van der Waals surface area (Å²) in [5.74, 6) is -0.318. The van der Waals surface area contributed by atoms with E-state index in [0.717, 1.165) is 44.1 Å². The number of hydrogen-bond donors (Lipinski definition) is 0. The van der Waals surface area contributed by atoms with E-state index in [1.54, 1.807) is 0 Å². The van der Waals surface area contributed by atoms with Crippen molar-refractivity contribution in [3.63, 3.8) is 0 Å². The highest BCUT2D eigenvalue weighted by atomic mass is 16.1. The van der Waals surface area contributed by atoms with Gasteiger partial charge in [-0.2, -0.15) is 5.26 Å². The molecule has 0 fully saturated rings. The topological polar surface area (TPSA) is 40.9 Å². The lowest BCUT2D eigenvalue weighted by Crippen LogP contribution is -2.16. The summed E-state index contributed by atoms with van der Waals surface area (Å²) in [6.07, 6.45) is 10.1. The summed E-state index contributed by atoms with van der Waals surface area (Å²) in [5.41, 5.74) is 1.08. The van der Waals surface area contributed by atoms with Crippen molar-refractivity contribution in [2.45, 2.75) is 58.3 Å². The number of nitrogens with zero attached hydrogens (tertiary/aromatic N) is 1. The van der Waals surface area contributed by atoms with Gasteiger partial charge in [0.05, 0.1) is 6.07 Å². The van der Waals surface area contributed by atoms with Crippen molar-refractivity contribution in [1.82, 2.24) is 0 Å². The van der Waals surface area contributed by atoms with E-state index in [1.165, 1.54) is 6.42 Å². The molecule has 0 aromatic heterocycles. The molecule has 0 aromatic rings. The van der Waals surface area contributed by atoms with Crippen LogP contribution < -0.4 is 0 Å². The first-order chi connectivity index (χ1) is 7.79. The highest BCUT2D eigenvalue weighted by Gasteiger charge is 2.22. The minimum atomic E-state index is -0.447. The third kappa shape index (κ3) is 3.81. The van der Waals surface area contributed by atoms with Crippen molar-refractivity contribution in [2.24, 2.45) is 5.92 Å². The summed E-state index contributed by atoms with van der Waals surface area (Å²) in [7, 11) is 0. The van der Waals surface area contributed by atoms with Crippen LogP contribution in [0.1, 0.15) is 58.3 Å². The predicted octanol–water partition coefficient (Wildman–Crippen LogP) is 3.78. The van der Waals surface area contributed by atoms with E-state index in [2.05, 4.69) is 19.1 Å². The first kappa shape index (κ1) is 13.0. The lowest BCUT2D eigenvalue weighted by molar-refractivity contribution is -0.120. The molecule has 1 aliphatic carbocycles. The normalized spacial score (nSPS) is 17.4. The van der Waals surface area contributed by atoms with E-state index < -0.39 is 5.92 Å². The zero-order valence-corrected chi connectivity index (χ0v) is 10.2. The van der Waals surface area contributed by atoms with Crippen LogP contribution in [0.2, 0.25) is 0 Å². The zero-order chi connectivity index (χ0) is 11.8. The Morgan fingerprint density at radius 1 is 1.50 bits per heavy atom. The van der Waals surface area contributed by atoms with Crippen molar-refractivity contribution in [2.75, 3.05) is 0 Å². The van der Waals surface area contributed by atoms with Crippen LogP contribution in [0.15, 0.2) is 11.6 Å². The van der Waals surface area contributed by atoms with Gasteiger partial charge < -0.3 is 0 Å². The summed E-state index contributed by atoms with van der Waals surface area (Å²) in [4.78, 5) is 11.9. The molecule has 0 N–H and O–H groups in total. The Bertz CT molecular complexity index is 298. The largest absolute Gasteiger partial charge is 0.298 e. The quantitative estimate of drug-likeness (QED) is 0.504. The van der Waals surface area contributed by atoms with Gasteiger partial charge in [-0.05, 0) is 37.7 Å². The molecule has 0 aromatic carbocycles.